The molecule has 39 heavy (non-hydrogen) atoms. The third-order valence-corrected chi connectivity index (χ3v) is 6.00. The number of phenols is 4. The predicted octanol–water partition coefficient (Wildman–Crippen LogP) is 3.03. The highest BCUT2D eigenvalue weighted by molar-refractivity contribution is 6.13. The van der Waals surface area contributed by atoms with Gasteiger partial charge in [-0.15, -0.1) is 0 Å². The summed E-state index contributed by atoms with van der Waals surface area (Å²) >= 11 is 0. The molecule has 0 fully saturated rings. The van der Waals surface area contributed by atoms with E-state index in [4.69, 9.17) is 0 Å². The number of aliphatic hydroxyl groups excluding tert-OH is 1. The first-order chi connectivity index (χ1) is 18.6. The van der Waals surface area contributed by atoms with E-state index in [1.54, 1.807) is 36.4 Å². The van der Waals surface area contributed by atoms with Gasteiger partial charge in [-0.05, 0) is 43.3 Å². The number of amides is 3. The number of hydrogen-bond donors (Lipinski definition) is 8. The average Bonchev–Trinajstić information content (AvgIpc) is 2.90. The fraction of sp³-hybridized carbons (Fsp3) is 0.107. The number of hydrogen-bond acceptors (Lipinski definition) is 8. The molecule has 3 amide bonds. The third-order valence-electron chi connectivity index (χ3n) is 6.00. The Hall–Kier alpha value is -5.29. The Morgan fingerprint density at radius 3 is 1.62 bits per heavy atom. The van der Waals surface area contributed by atoms with Crippen LogP contribution in [0.25, 0.3) is 10.8 Å². The van der Waals surface area contributed by atoms with Crippen LogP contribution >= 0.6 is 0 Å². The molecular weight excluding hydrogens is 506 g/mol. The lowest BCUT2D eigenvalue weighted by molar-refractivity contribution is -0.120. The number of fused-ring (bicyclic) bond motifs is 1. The van der Waals surface area contributed by atoms with E-state index in [9.17, 15) is 39.9 Å². The minimum absolute atomic E-state index is 0.134. The van der Waals surface area contributed by atoms with Crippen LogP contribution in [-0.4, -0.2) is 55.4 Å². The maximum absolute atomic E-state index is 13.1. The fourth-order valence-electron chi connectivity index (χ4n) is 3.98. The molecule has 4 rings (SSSR count). The highest BCUT2D eigenvalue weighted by Gasteiger charge is 2.28. The van der Waals surface area contributed by atoms with Gasteiger partial charge in [0.2, 0.25) is 5.91 Å². The van der Waals surface area contributed by atoms with Crippen molar-refractivity contribution < 1.29 is 39.9 Å². The van der Waals surface area contributed by atoms with Crippen LogP contribution < -0.4 is 16.0 Å². The molecule has 0 unspecified atom stereocenters. The fourth-order valence-corrected chi connectivity index (χ4v) is 3.98. The largest absolute Gasteiger partial charge is 0.504 e. The molecule has 0 bridgehead atoms. The average molecular weight is 532 g/mol. The van der Waals surface area contributed by atoms with Gasteiger partial charge >= 0.3 is 0 Å². The number of benzene rings is 4. The molecule has 4 aromatic rings. The van der Waals surface area contributed by atoms with Crippen molar-refractivity contribution in [3.05, 3.63) is 83.9 Å². The predicted molar refractivity (Wildman–Crippen MR) is 143 cm³/mol. The van der Waals surface area contributed by atoms with Crippen molar-refractivity contribution in [1.82, 2.24) is 5.32 Å². The Balaban J connectivity index is 1.58. The normalized spacial score (nSPS) is 12.4. The first-order valence-electron chi connectivity index (χ1n) is 11.7. The topological polar surface area (TPSA) is 188 Å². The zero-order valence-electron chi connectivity index (χ0n) is 20.5. The van der Waals surface area contributed by atoms with Crippen LogP contribution in [0.15, 0.2) is 72.8 Å². The van der Waals surface area contributed by atoms with E-state index in [0.29, 0.717) is 22.1 Å². The van der Waals surface area contributed by atoms with Crippen molar-refractivity contribution in [2.45, 2.75) is 19.1 Å². The maximum atomic E-state index is 13.1. The molecule has 0 saturated heterocycles. The van der Waals surface area contributed by atoms with Gasteiger partial charge in [-0.25, -0.2) is 0 Å². The van der Waals surface area contributed by atoms with Crippen molar-refractivity contribution in [1.29, 1.82) is 0 Å². The van der Waals surface area contributed by atoms with Gasteiger partial charge in [0.25, 0.3) is 11.8 Å². The molecule has 0 saturated carbocycles. The van der Waals surface area contributed by atoms with Gasteiger partial charge in [-0.1, -0.05) is 36.4 Å². The molecule has 2 atom stereocenters. The van der Waals surface area contributed by atoms with E-state index < -0.39 is 52.9 Å². The molecule has 0 aliphatic rings. The molecule has 0 heterocycles. The minimum Gasteiger partial charge on any atom is -0.504 e. The number of nitrogens with one attached hydrogen (secondary N) is 3. The van der Waals surface area contributed by atoms with Gasteiger partial charge < -0.3 is 41.5 Å². The summed E-state index contributed by atoms with van der Waals surface area (Å²) in [5.74, 6) is -4.50. The summed E-state index contributed by atoms with van der Waals surface area (Å²) in [7, 11) is 0. The number of phenolic OH excluding ortho intramolecular Hbond substituents is 4. The smallest absolute Gasteiger partial charge is 0.259 e. The molecular formula is C28H25N3O8. The van der Waals surface area contributed by atoms with Crippen LogP contribution in [0.1, 0.15) is 27.6 Å². The number of para-hydroxylation sites is 2. The highest BCUT2D eigenvalue weighted by Crippen LogP contribution is 2.32. The number of carbonyl (C=O) groups excluding carboxylic acids is 3. The number of anilines is 2. The lowest BCUT2D eigenvalue weighted by atomic mass is 10.0. The summed E-state index contributed by atoms with van der Waals surface area (Å²) in [6.45, 7) is 1.31. The van der Waals surface area contributed by atoms with E-state index in [-0.39, 0.29) is 11.1 Å². The van der Waals surface area contributed by atoms with E-state index in [2.05, 4.69) is 16.0 Å². The molecule has 0 aliphatic heterocycles. The summed E-state index contributed by atoms with van der Waals surface area (Å²) in [5.41, 5.74) is 0.256. The summed E-state index contributed by atoms with van der Waals surface area (Å²) in [6, 6.07) is 16.2. The minimum atomic E-state index is -1.42. The quantitative estimate of drug-likeness (QED) is 0.167. The van der Waals surface area contributed by atoms with Crippen LogP contribution in [0.4, 0.5) is 11.4 Å². The molecule has 0 spiro atoms. The van der Waals surface area contributed by atoms with Crippen molar-refractivity contribution in [2.75, 3.05) is 10.6 Å². The van der Waals surface area contributed by atoms with Gasteiger partial charge in [-0.3, -0.25) is 14.4 Å². The molecule has 200 valence electrons. The van der Waals surface area contributed by atoms with Crippen molar-refractivity contribution in [3.63, 3.8) is 0 Å². The highest BCUT2D eigenvalue weighted by atomic mass is 16.3. The summed E-state index contributed by atoms with van der Waals surface area (Å²) in [4.78, 5) is 38.5. The number of aromatic hydroxyl groups is 4. The van der Waals surface area contributed by atoms with Gasteiger partial charge in [0.1, 0.15) is 6.04 Å². The standard InChI is InChI=1S/C28H25N3O8/c1-14(32)23(31-27(38)18-9-5-13-22(34)25(18)36)28(39)30-20-11-3-6-15-16(20)7-2-10-19(15)29-26(37)17-8-4-12-21(33)24(17)35/h2-14,23,32-36H,1H3,(H,29,37)(H,30,39)(H,31,38)/t14-,23+/m1/s1. The number of carbonyl (C=O) groups is 3. The molecule has 8 N–H and O–H groups in total. The maximum Gasteiger partial charge on any atom is 0.259 e. The lowest BCUT2D eigenvalue weighted by Crippen LogP contribution is -2.50. The monoisotopic (exact) mass is 531 g/mol. The molecule has 0 radical (unpaired) electrons. The van der Waals surface area contributed by atoms with Crippen LogP contribution in [0.5, 0.6) is 23.0 Å². The van der Waals surface area contributed by atoms with Crippen molar-refractivity contribution >= 4 is 39.9 Å². The molecule has 4 aromatic carbocycles. The zero-order chi connectivity index (χ0) is 28.3. The van der Waals surface area contributed by atoms with Gasteiger partial charge in [0.05, 0.1) is 17.2 Å². The summed E-state index contributed by atoms with van der Waals surface area (Å²) < 4.78 is 0. The van der Waals surface area contributed by atoms with Gasteiger partial charge in [0.15, 0.2) is 23.0 Å². The van der Waals surface area contributed by atoms with Crippen LogP contribution in [-0.2, 0) is 4.79 Å². The second-order valence-electron chi connectivity index (χ2n) is 8.69. The molecule has 0 aromatic heterocycles. The molecule has 0 aliphatic carbocycles. The Morgan fingerprint density at radius 2 is 1.10 bits per heavy atom. The first-order valence-corrected chi connectivity index (χ1v) is 11.7. The Bertz CT molecular complexity index is 1580. The molecule has 11 nitrogen and oxygen atoms in total. The van der Waals surface area contributed by atoms with Crippen molar-refractivity contribution in [3.8, 4) is 23.0 Å². The van der Waals surface area contributed by atoms with Gasteiger partial charge in [0, 0.05) is 22.1 Å². The van der Waals surface area contributed by atoms with Crippen LogP contribution in [0, 0.1) is 0 Å². The second kappa shape index (κ2) is 11.0. The number of aliphatic hydroxyl groups is 1. The van der Waals surface area contributed by atoms with Crippen molar-refractivity contribution in [2.24, 2.45) is 0 Å². The summed E-state index contributed by atoms with van der Waals surface area (Å²) in [6.07, 6.45) is -1.33. The van der Waals surface area contributed by atoms with E-state index in [0.717, 1.165) is 0 Å². The lowest BCUT2D eigenvalue weighted by Gasteiger charge is -2.22. The van der Waals surface area contributed by atoms with E-state index in [1.807, 2.05) is 0 Å². The Labute approximate surface area is 222 Å². The Kier molecular flexibility index (Phi) is 7.54. The molecule has 11 heteroatoms. The Morgan fingerprint density at radius 1 is 0.641 bits per heavy atom. The third kappa shape index (κ3) is 5.53. The first kappa shape index (κ1) is 26.8. The number of rotatable bonds is 7. The van der Waals surface area contributed by atoms with E-state index in [1.165, 1.54) is 43.3 Å². The summed E-state index contributed by atoms with van der Waals surface area (Å²) in [5, 5.41) is 58.3. The SMILES string of the molecule is C[C@@H](O)[C@H](NC(=O)c1cccc(O)c1O)C(=O)Nc1cccc2c(NC(=O)c3cccc(O)c3O)cccc12. The zero-order valence-corrected chi connectivity index (χ0v) is 20.5. The second-order valence-corrected chi connectivity index (χ2v) is 8.69. The van der Waals surface area contributed by atoms with E-state index >= 15 is 0 Å². The van der Waals surface area contributed by atoms with Crippen LogP contribution in [0.3, 0.4) is 0 Å². The van der Waals surface area contributed by atoms with Crippen LogP contribution in [0.2, 0.25) is 0 Å². The van der Waals surface area contributed by atoms with Gasteiger partial charge in [-0.2, -0.15) is 0 Å².